The van der Waals surface area contributed by atoms with Crippen molar-refractivity contribution in [2.24, 2.45) is 11.7 Å². The SMILES string of the molecule is CC1CCN(c2cccc(Cl)c2C(N)=S)C1. The largest absolute Gasteiger partial charge is 0.389 e. The highest BCUT2D eigenvalue weighted by molar-refractivity contribution is 7.80. The summed E-state index contributed by atoms with van der Waals surface area (Å²) in [6.07, 6.45) is 1.21. The number of hydrogen-bond acceptors (Lipinski definition) is 2. The number of benzene rings is 1. The molecule has 1 atom stereocenters. The van der Waals surface area contributed by atoms with Crippen LogP contribution in [0.3, 0.4) is 0 Å². The third kappa shape index (κ3) is 2.15. The summed E-state index contributed by atoms with van der Waals surface area (Å²) in [7, 11) is 0. The normalized spacial score (nSPS) is 20.1. The van der Waals surface area contributed by atoms with Gasteiger partial charge in [-0.1, -0.05) is 36.8 Å². The first-order valence-electron chi connectivity index (χ1n) is 5.43. The second-order valence-corrected chi connectivity index (χ2v) is 5.19. The van der Waals surface area contributed by atoms with Crippen LogP contribution in [0.15, 0.2) is 18.2 Å². The third-order valence-corrected chi connectivity index (χ3v) is 3.52. The Morgan fingerprint density at radius 3 is 2.88 bits per heavy atom. The Morgan fingerprint density at radius 2 is 2.31 bits per heavy atom. The van der Waals surface area contributed by atoms with Crippen molar-refractivity contribution in [2.45, 2.75) is 13.3 Å². The Kier molecular flexibility index (Phi) is 3.36. The third-order valence-electron chi connectivity index (χ3n) is 3.00. The molecule has 0 aromatic heterocycles. The van der Waals surface area contributed by atoms with Crippen LogP contribution >= 0.6 is 23.8 Å². The molecule has 1 aliphatic rings. The van der Waals surface area contributed by atoms with Gasteiger partial charge in [0, 0.05) is 18.8 Å². The lowest BCUT2D eigenvalue weighted by Gasteiger charge is -2.22. The van der Waals surface area contributed by atoms with Crippen LogP contribution in [0.1, 0.15) is 18.9 Å². The summed E-state index contributed by atoms with van der Waals surface area (Å²) in [5.74, 6) is 0.721. The number of rotatable bonds is 2. The van der Waals surface area contributed by atoms with E-state index in [4.69, 9.17) is 29.6 Å². The monoisotopic (exact) mass is 254 g/mol. The molecule has 2 N–H and O–H groups in total. The fourth-order valence-electron chi connectivity index (χ4n) is 2.17. The van der Waals surface area contributed by atoms with E-state index in [9.17, 15) is 0 Å². The summed E-state index contributed by atoms with van der Waals surface area (Å²) in [4.78, 5) is 2.69. The lowest BCUT2D eigenvalue weighted by Crippen LogP contribution is -2.23. The highest BCUT2D eigenvalue weighted by Crippen LogP contribution is 2.31. The molecule has 1 unspecified atom stereocenters. The molecule has 0 spiro atoms. The van der Waals surface area contributed by atoms with Crippen LogP contribution in [0.4, 0.5) is 5.69 Å². The molecular formula is C12H15ClN2S. The fourth-order valence-corrected chi connectivity index (χ4v) is 2.72. The maximum absolute atomic E-state index is 6.15. The predicted molar refractivity (Wildman–Crippen MR) is 73.3 cm³/mol. The zero-order valence-electron chi connectivity index (χ0n) is 9.24. The summed E-state index contributed by atoms with van der Waals surface area (Å²) in [5, 5.41) is 0.643. The summed E-state index contributed by atoms with van der Waals surface area (Å²) in [6, 6.07) is 5.82. The first-order valence-corrected chi connectivity index (χ1v) is 6.21. The Morgan fingerprint density at radius 1 is 1.56 bits per heavy atom. The topological polar surface area (TPSA) is 29.3 Å². The number of nitrogens with zero attached hydrogens (tertiary/aromatic N) is 1. The van der Waals surface area contributed by atoms with Gasteiger partial charge in [-0.15, -0.1) is 0 Å². The van der Waals surface area contributed by atoms with Gasteiger partial charge in [0.15, 0.2) is 0 Å². The van der Waals surface area contributed by atoms with E-state index in [1.807, 2.05) is 18.2 Å². The van der Waals surface area contributed by atoms with E-state index in [0.717, 1.165) is 30.3 Å². The Labute approximate surface area is 106 Å². The number of hydrogen-bond donors (Lipinski definition) is 1. The quantitative estimate of drug-likeness (QED) is 0.823. The van der Waals surface area contributed by atoms with Crippen LogP contribution in [0.5, 0.6) is 0 Å². The molecule has 0 aliphatic carbocycles. The molecule has 1 heterocycles. The Bertz CT molecular complexity index is 419. The lowest BCUT2D eigenvalue weighted by molar-refractivity contribution is 0.659. The number of thiocarbonyl (C=S) groups is 1. The van der Waals surface area contributed by atoms with Gasteiger partial charge in [-0.2, -0.15) is 0 Å². The van der Waals surface area contributed by atoms with Crippen molar-refractivity contribution in [3.8, 4) is 0 Å². The van der Waals surface area contributed by atoms with E-state index in [0.29, 0.717) is 10.0 Å². The molecule has 86 valence electrons. The van der Waals surface area contributed by atoms with Gasteiger partial charge >= 0.3 is 0 Å². The molecule has 1 aromatic rings. The lowest BCUT2D eigenvalue weighted by atomic mass is 10.1. The van der Waals surface area contributed by atoms with Crippen LogP contribution in [-0.4, -0.2) is 18.1 Å². The van der Waals surface area contributed by atoms with Crippen LogP contribution in [-0.2, 0) is 0 Å². The van der Waals surface area contributed by atoms with Crippen LogP contribution in [0.25, 0.3) is 0 Å². The van der Waals surface area contributed by atoms with E-state index in [1.54, 1.807) is 0 Å². The van der Waals surface area contributed by atoms with Crippen molar-refractivity contribution in [1.29, 1.82) is 0 Å². The predicted octanol–water partition coefficient (Wildman–Crippen LogP) is 2.82. The smallest absolute Gasteiger partial charge is 0.107 e. The van der Waals surface area contributed by atoms with Crippen molar-refractivity contribution in [1.82, 2.24) is 0 Å². The summed E-state index contributed by atoms with van der Waals surface area (Å²) >= 11 is 11.2. The van der Waals surface area contributed by atoms with Crippen molar-refractivity contribution < 1.29 is 0 Å². The maximum atomic E-state index is 6.15. The zero-order chi connectivity index (χ0) is 11.7. The molecule has 1 aliphatic heterocycles. The van der Waals surface area contributed by atoms with Crippen molar-refractivity contribution >= 4 is 34.5 Å². The summed E-state index contributed by atoms with van der Waals surface area (Å²) in [5.41, 5.74) is 7.62. The van der Waals surface area contributed by atoms with E-state index in [1.165, 1.54) is 6.42 Å². The number of halogens is 1. The van der Waals surface area contributed by atoms with Gasteiger partial charge in [0.25, 0.3) is 0 Å². The van der Waals surface area contributed by atoms with Crippen molar-refractivity contribution in [2.75, 3.05) is 18.0 Å². The van der Waals surface area contributed by atoms with Gasteiger partial charge in [-0.25, -0.2) is 0 Å². The molecule has 0 amide bonds. The van der Waals surface area contributed by atoms with Gasteiger partial charge in [-0.05, 0) is 24.5 Å². The van der Waals surface area contributed by atoms with Crippen LogP contribution in [0.2, 0.25) is 5.02 Å². The summed E-state index contributed by atoms with van der Waals surface area (Å²) in [6.45, 7) is 4.36. The van der Waals surface area contributed by atoms with Crippen molar-refractivity contribution in [3.63, 3.8) is 0 Å². The second-order valence-electron chi connectivity index (χ2n) is 4.34. The molecule has 2 nitrogen and oxygen atoms in total. The van der Waals surface area contributed by atoms with E-state index >= 15 is 0 Å². The maximum Gasteiger partial charge on any atom is 0.107 e. The van der Waals surface area contributed by atoms with E-state index in [2.05, 4.69) is 11.8 Å². The van der Waals surface area contributed by atoms with Crippen molar-refractivity contribution in [3.05, 3.63) is 28.8 Å². The van der Waals surface area contributed by atoms with Crippen LogP contribution in [0, 0.1) is 5.92 Å². The molecule has 0 bridgehead atoms. The van der Waals surface area contributed by atoms with E-state index in [-0.39, 0.29) is 0 Å². The van der Waals surface area contributed by atoms with Gasteiger partial charge in [0.2, 0.25) is 0 Å². The molecule has 4 heteroatoms. The van der Waals surface area contributed by atoms with Gasteiger partial charge in [-0.3, -0.25) is 0 Å². The number of anilines is 1. The first kappa shape index (κ1) is 11.7. The van der Waals surface area contributed by atoms with Gasteiger partial charge in [0.1, 0.15) is 4.99 Å². The first-order chi connectivity index (χ1) is 7.59. The average Bonchev–Trinajstić information content (AvgIpc) is 2.63. The Balaban J connectivity index is 2.40. The Hall–Kier alpha value is -0.800. The highest BCUT2D eigenvalue weighted by atomic mass is 35.5. The molecule has 1 saturated heterocycles. The molecule has 2 rings (SSSR count). The molecule has 16 heavy (non-hydrogen) atoms. The minimum atomic E-state index is 0.375. The van der Waals surface area contributed by atoms with Crippen LogP contribution < -0.4 is 10.6 Å². The minimum absolute atomic E-state index is 0.375. The summed E-state index contributed by atoms with van der Waals surface area (Å²) < 4.78 is 0. The second kappa shape index (κ2) is 4.60. The molecular weight excluding hydrogens is 240 g/mol. The minimum Gasteiger partial charge on any atom is -0.389 e. The highest BCUT2D eigenvalue weighted by Gasteiger charge is 2.22. The molecule has 1 fully saturated rings. The molecule has 1 aromatic carbocycles. The molecule has 0 saturated carbocycles. The average molecular weight is 255 g/mol. The standard InChI is InChI=1S/C12H15ClN2S/c1-8-5-6-15(7-8)10-4-2-3-9(13)11(10)12(14)16/h2-4,8H,5-7H2,1H3,(H2,14,16). The number of nitrogens with two attached hydrogens (primary N) is 1. The zero-order valence-corrected chi connectivity index (χ0v) is 10.8. The molecule has 0 radical (unpaired) electrons. The van der Waals surface area contributed by atoms with Gasteiger partial charge in [0.05, 0.1) is 10.6 Å². The fraction of sp³-hybridized carbons (Fsp3) is 0.417. The van der Waals surface area contributed by atoms with Gasteiger partial charge < -0.3 is 10.6 Å². The van der Waals surface area contributed by atoms with E-state index < -0.39 is 0 Å².